The molecule has 0 aliphatic heterocycles. The van der Waals surface area contributed by atoms with Gasteiger partial charge in [0.15, 0.2) is 0 Å². The van der Waals surface area contributed by atoms with E-state index >= 15 is 0 Å². The minimum Gasteiger partial charge on any atom is -0.348 e. The summed E-state index contributed by atoms with van der Waals surface area (Å²) in [5.41, 5.74) is 1.92. The van der Waals surface area contributed by atoms with Gasteiger partial charge in [0.05, 0.1) is 17.2 Å². The summed E-state index contributed by atoms with van der Waals surface area (Å²) in [6.45, 7) is 1.93. The molecule has 0 aliphatic rings. The minimum absolute atomic E-state index is 0.324. The van der Waals surface area contributed by atoms with E-state index in [1.54, 1.807) is 6.08 Å². The normalized spacial score (nSPS) is 12.3. The standard InChI is InChI=1S/C16H13F3N2/c1-11-3-8-15(21(11)2)9-13(10-20)12-4-6-14(7-5-12)16(17,18)19/h3-9H,1-2H3/b13-9-. The van der Waals surface area contributed by atoms with Gasteiger partial charge in [-0.25, -0.2) is 0 Å². The van der Waals surface area contributed by atoms with E-state index < -0.39 is 11.7 Å². The molecule has 2 aromatic rings. The first-order valence-electron chi connectivity index (χ1n) is 6.24. The number of benzene rings is 1. The van der Waals surface area contributed by atoms with Crippen molar-refractivity contribution in [1.82, 2.24) is 4.57 Å². The molecule has 0 spiro atoms. The summed E-state index contributed by atoms with van der Waals surface area (Å²) < 4.78 is 39.5. The Bertz CT molecular complexity index is 713. The molecule has 1 heterocycles. The molecule has 108 valence electrons. The van der Waals surface area contributed by atoms with Crippen LogP contribution in [0.2, 0.25) is 0 Å². The van der Waals surface area contributed by atoms with Crippen molar-refractivity contribution in [3.05, 3.63) is 58.9 Å². The van der Waals surface area contributed by atoms with Crippen molar-refractivity contribution in [3.8, 4) is 6.07 Å². The van der Waals surface area contributed by atoms with Gasteiger partial charge in [-0.2, -0.15) is 18.4 Å². The van der Waals surface area contributed by atoms with Crippen molar-refractivity contribution < 1.29 is 13.2 Å². The van der Waals surface area contributed by atoms with E-state index in [1.165, 1.54) is 12.1 Å². The highest BCUT2D eigenvalue weighted by Crippen LogP contribution is 2.30. The Morgan fingerprint density at radius 1 is 1.14 bits per heavy atom. The highest BCUT2D eigenvalue weighted by Gasteiger charge is 2.30. The second-order valence-electron chi connectivity index (χ2n) is 4.70. The molecule has 0 saturated heterocycles. The Morgan fingerprint density at radius 3 is 2.19 bits per heavy atom. The first-order chi connectivity index (χ1) is 9.82. The van der Waals surface area contributed by atoms with E-state index in [-0.39, 0.29) is 0 Å². The number of hydrogen-bond donors (Lipinski definition) is 0. The van der Waals surface area contributed by atoms with Gasteiger partial charge in [0.25, 0.3) is 0 Å². The van der Waals surface area contributed by atoms with Gasteiger partial charge in [0.2, 0.25) is 0 Å². The summed E-state index contributed by atoms with van der Waals surface area (Å²) in [7, 11) is 1.86. The van der Waals surface area contributed by atoms with Crippen molar-refractivity contribution in [1.29, 1.82) is 5.26 Å². The van der Waals surface area contributed by atoms with Crippen LogP contribution in [0, 0.1) is 18.3 Å². The third-order valence-electron chi connectivity index (χ3n) is 3.35. The minimum atomic E-state index is -4.37. The summed E-state index contributed by atoms with van der Waals surface area (Å²) in [5.74, 6) is 0. The molecule has 0 N–H and O–H groups in total. The van der Waals surface area contributed by atoms with Crippen LogP contribution in [0.3, 0.4) is 0 Å². The van der Waals surface area contributed by atoms with Crippen LogP contribution < -0.4 is 0 Å². The van der Waals surface area contributed by atoms with E-state index in [2.05, 4.69) is 0 Å². The van der Waals surface area contributed by atoms with E-state index in [0.29, 0.717) is 11.1 Å². The fourth-order valence-corrected chi connectivity index (χ4v) is 1.94. The Balaban J connectivity index is 2.39. The fraction of sp³-hybridized carbons (Fsp3) is 0.188. The Hall–Kier alpha value is -2.48. The maximum absolute atomic E-state index is 12.5. The van der Waals surface area contributed by atoms with E-state index in [0.717, 1.165) is 23.5 Å². The molecule has 0 unspecified atom stereocenters. The van der Waals surface area contributed by atoms with Crippen LogP contribution in [-0.2, 0) is 13.2 Å². The lowest BCUT2D eigenvalue weighted by Crippen LogP contribution is -2.04. The molecule has 2 rings (SSSR count). The molecule has 0 saturated carbocycles. The zero-order valence-corrected chi connectivity index (χ0v) is 11.6. The van der Waals surface area contributed by atoms with Crippen molar-refractivity contribution in [2.75, 3.05) is 0 Å². The van der Waals surface area contributed by atoms with Crippen LogP contribution in [0.25, 0.3) is 11.6 Å². The lowest BCUT2D eigenvalue weighted by Gasteiger charge is -2.07. The average Bonchev–Trinajstić information content (AvgIpc) is 2.75. The Labute approximate surface area is 120 Å². The monoisotopic (exact) mass is 290 g/mol. The number of aromatic nitrogens is 1. The topological polar surface area (TPSA) is 28.7 Å². The van der Waals surface area contributed by atoms with Gasteiger partial charge < -0.3 is 4.57 Å². The van der Waals surface area contributed by atoms with E-state index in [4.69, 9.17) is 0 Å². The largest absolute Gasteiger partial charge is 0.416 e. The number of nitrogens with zero attached hydrogens (tertiary/aromatic N) is 2. The van der Waals surface area contributed by atoms with Gasteiger partial charge in [-0.05, 0) is 42.8 Å². The number of allylic oxidation sites excluding steroid dienone is 1. The Kier molecular flexibility index (Phi) is 3.90. The van der Waals surface area contributed by atoms with Crippen LogP contribution in [0.15, 0.2) is 36.4 Å². The predicted octanol–water partition coefficient (Wildman–Crippen LogP) is 4.42. The molecule has 0 atom stereocenters. The molecule has 0 amide bonds. The SMILES string of the molecule is Cc1ccc(/C=C(/C#N)c2ccc(C(F)(F)F)cc2)n1C. The molecule has 21 heavy (non-hydrogen) atoms. The van der Waals surface area contributed by atoms with Crippen LogP contribution in [-0.4, -0.2) is 4.57 Å². The maximum atomic E-state index is 12.5. The quantitative estimate of drug-likeness (QED) is 0.753. The molecule has 0 radical (unpaired) electrons. The van der Waals surface area contributed by atoms with Crippen LogP contribution in [0.1, 0.15) is 22.5 Å². The second-order valence-corrected chi connectivity index (χ2v) is 4.70. The van der Waals surface area contributed by atoms with Crippen molar-refractivity contribution in [2.45, 2.75) is 13.1 Å². The molecule has 2 nitrogen and oxygen atoms in total. The van der Waals surface area contributed by atoms with Crippen molar-refractivity contribution in [2.24, 2.45) is 7.05 Å². The highest BCUT2D eigenvalue weighted by atomic mass is 19.4. The zero-order chi connectivity index (χ0) is 15.6. The molecule has 0 fully saturated rings. The number of halogens is 3. The van der Waals surface area contributed by atoms with Gasteiger partial charge in [0, 0.05) is 18.4 Å². The fourth-order valence-electron chi connectivity index (χ4n) is 1.94. The molecule has 0 bridgehead atoms. The average molecular weight is 290 g/mol. The third kappa shape index (κ3) is 3.16. The van der Waals surface area contributed by atoms with Gasteiger partial charge in [-0.3, -0.25) is 0 Å². The third-order valence-corrected chi connectivity index (χ3v) is 3.35. The number of rotatable bonds is 2. The number of alkyl halides is 3. The lowest BCUT2D eigenvalue weighted by molar-refractivity contribution is -0.137. The first kappa shape index (κ1) is 14.9. The number of aryl methyl sites for hydroxylation is 1. The summed E-state index contributed by atoms with van der Waals surface area (Å²) >= 11 is 0. The molecule has 1 aromatic heterocycles. The van der Waals surface area contributed by atoms with Gasteiger partial charge in [-0.15, -0.1) is 0 Å². The van der Waals surface area contributed by atoms with Crippen molar-refractivity contribution >= 4 is 11.6 Å². The molecule has 5 heteroatoms. The van der Waals surface area contributed by atoms with Gasteiger partial charge in [0.1, 0.15) is 0 Å². The maximum Gasteiger partial charge on any atom is 0.416 e. The molecule has 0 aliphatic carbocycles. The molecular formula is C16H13F3N2. The second kappa shape index (κ2) is 5.49. The van der Waals surface area contributed by atoms with Gasteiger partial charge >= 0.3 is 6.18 Å². The van der Waals surface area contributed by atoms with Crippen LogP contribution in [0.4, 0.5) is 13.2 Å². The van der Waals surface area contributed by atoms with Crippen LogP contribution in [0.5, 0.6) is 0 Å². The summed E-state index contributed by atoms with van der Waals surface area (Å²) in [6, 6.07) is 10.4. The number of nitriles is 1. The molecular weight excluding hydrogens is 277 g/mol. The zero-order valence-electron chi connectivity index (χ0n) is 11.6. The van der Waals surface area contributed by atoms with E-state index in [9.17, 15) is 18.4 Å². The summed E-state index contributed by atoms with van der Waals surface area (Å²) in [4.78, 5) is 0. The van der Waals surface area contributed by atoms with Crippen LogP contribution >= 0.6 is 0 Å². The predicted molar refractivity (Wildman–Crippen MR) is 75.1 cm³/mol. The summed E-state index contributed by atoms with van der Waals surface area (Å²) in [6.07, 6.45) is -2.71. The van der Waals surface area contributed by atoms with E-state index in [1.807, 2.05) is 36.7 Å². The van der Waals surface area contributed by atoms with Gasteiger partial charge in [-0.1, -0.05) is 12.1 Å². The lowest BCUT2D eigenvalue weighted by atomic mass is 10.0. The van der Waals surface area contributed by atoms with Crippen molar-refractivity contribution in [3.63, 3.8) is 0 Å². The smallest absolute Gasteiger partial charge is 0.348 e. The summed E-state index contributed by atoms with van der Waals surface area (Å²) in [5, 5.41) is 9.22. The first-order valence-corrected chi connectivity index (χ1v) is 6.24. The number of hydrogen-bond acceptors (Lipinski definition) is 1. The highest BCUT2D eigenvalue weighted by molar-refractivity contribution is 5.89. The Morgan fingerprint density at radius 2 is 1.76 bits per heavy atom. The molecule has 1 aromatic carbocycles.